The van der Waals surface area contributed by atoms with Crippen molar-refractivity contribution in [3.63, 3.8) is 0 Å². The van der Waals surface area contributed by atoms with Gasteiger partial charge in [0.15, 0.2) is 0 Å². The van der Waals surface area contributed by atoms with E-state index in [1.807, 2.05) is 0 Å². The van der Waals surface area contributed by atoms with Gasteiger partial charge >= 0.3 is 0 Å². The monoisotopic (exact) mass is 414 g/mol. The van der Waals surface area contributed by atoms with Crippen molar-refractivity contribution in [1.29, 1.82) is 0 Å². The zero-order valence-corrected chi connectivity index (χ0v) is 21.1. The molecule has 30 heavy (non-hydrogen) atoms. The van der Waals surface area contributed by atoms with Gasteiger partial charge in [0.2, 0.25) is 0 Å². The van der Waals surface area contributed by atoms with Crippen molar-refractivity contribution in [2.24, 2.45) is 58.2 Å². The fraction of sp³-hybridized carbons (Fsp3) is 0.931. The van der Waals surface area contributed by atoms with Crippen LogP contribution in [0.1, 0.15) is 106 Å². The van der Waals surface area contributed by atoms with Crippen LogP contribution < -0.4 is 0 Å². The summed E-state index contributed by atoms with van der Waals surface area (Å²) < 4.78 is 0. The quantitative estimate of drug-likeness (QED) is 0.464. The Morgan fingerprint density at radius 1 is 0.900 bits per heavy atom. The summed E-state index contributed by atoms with van der Waals surface area (Å²) in [6.45, 7) is 17.2. The van der Waals surface area contributed by atoms with Crippen LogP contribution in [0.2, 0.25) is 0 Å². The van der Waals surface area contributed by atoms with Crippen molar-refractivity contribution in [2.75, 3.05) is 0 Å². The van der Waals surface area contributed by atoms with Crippen molar-refractivity contribution < 1.29 is 5.11 Å². The highest BCUT2D eigenvalue weighted by molar-refractivity contribution is 5.13. The van der Waals surface area contributed by atoms with Crippen LogP contribution in [-0.4, -0.2) is 11.2 Å². The summed E-state index contributed by atoms with van der Waals surface area (Å²) in [7, 11) is 0. The molecule has 0 aromatic heterocycles. The Kier molecular flexibility index (Phi) is 6.28. The van der Waals surface area contributed by atoms with Gasteiger partial charge in [0.1, 0.15) is 0 Å². The van der Waals surface area contributed by atoms with E-state index in [2.05, 4.69) is 54.5 Å². The van der Waals surface area contributed by atoms with Crippen LogP contribution in [0.25, 0.3) is 0 Å². The minimum Gasteiger partial charge on any atom is -0.393 e. The van der Waals surface area contributed by atoms with E-state index in [4.69, 9.17) is 0 Å². The summed E-state index contributed by atoms with van der Waals surface area (Å²) in [6, 6.07) is 0. The summed E-state index contributed by atoms with van der Waals surface area (Å²) >= 11 is 0. The van der Waals surface area contributed by atoms with Gasteiger partial charge in [-0.2, -0.15) is 0 Å². The van der Waals surface area contributed by atoms with Gasteiger partial charge in [-0.3, -0.25) is 0 Å². The summed E-state index contributed by atoms with van der Waals surface area (Å²) in [6.07, 6.45) is 14.8. The van der Waals surface area contributed by atoms with Gasteiger partial charge in [-0.05, 0) is 123 Å². The van der Waals surface area contributed by atoms with Gasteiger partial charge in [0.25, 0.3) is 0 Å². The number of rotatable bonds is 4. The highest BCUT2D eigenvalue weighted by Crippen LogP contribution is 2.68. The first-order chi connectivity index (χ1) is 14.1. The third-order valence-corrected chi connectivity index (χ3v) is 11.1. The normalized spacial score (nSPS) is 50.0. The molecule has 4 unspecified atom stereocenters. The van der Waals surface area contributed by atoms with Crippen LogP contribution in [-0.2, 0) is 0 Å². The molecule has 0 heterocycles. The fourth-order valence-electron chi connectivity index (χ4n) is 9.89. The molecule has 4 saturated carbocycles. The third kappa shape index (κ3) is 3.64. The third-order valence-electron chi connectivity index (χ3n) is 11.1. The summed E-state index contributed by atoms with van der Waals surface area (Å²) in [4.78, 5) is 0. The molecule has 0 bridgehead atoms. The second-order valence-corrected chi connectivity index (χ2v) is 13.2. The molecule has 0 radical (unpaired) electrons. The number of hydrogen-bond donors (Lipinski definition) is 1. The molecule has 0 aromatic rings. The van der Waals surface area contributed by atoms with Gasteiger partial charge in [-0.25, -0.2) is 0 Å². The fourth-order valence-corrected chi connectivity index (χ4v) is 9.89. The molecule has 172 valence electrons. The standard InChI is InChI=1S/C29H50O/c1-18(2)16-19(3)17-20(4)23-10-11-25-22-8-9-24-21(5)27(30)13-15-29(24,7)26(22)12-14-28(23,25)6/h17-18,20-27,30H,8-16H2,1-7H3/b19-17+/t20-,21+,22?,23?,24+,25?,26?,27+,28-,29+/m1/s1. The van der Waals surface area contributed by atoms with Gasteiger partial charge in [-0.15, -0.1) is 0 Å². The Morgan fingerprint density at radius 2 is 1.53 bits per heavy atom. The lowest BCUT2D eigenvalue weighted by atomic mass is 9.43. The van der Waals surface area contributed by atoms with Crippen LogP contribution in [0.5, 0.6) is 0 Å². The van der Waals surface area contributed by atoms with E-state index < -0.39 is 0 Å². The highest BCUT2D eigenvalue weighted by atomic mass is 16.3. The largest absolute Gasteiger partial charge is 0.393 e. The van der Waals surface area contributed by atoms with E-state index >= 15 is 0 Å². The molecule has 4 aliphatic carbocycles. The molecule has 1 N–H and O–H groups in total. The average molecular weight is 415 g/mol. The summed E-state index contributed by atoms with van der Waals surface area (Å²) in [5.74, 6) is 6.44. The first-order valence-corrected chi connectivity index (χ1v) is 13.4. The van der Waals surface area contributed by atoms with Gasteiger partial charge in [0.05, 0.1) is 6.10 Å². The highest BCUT2D eigenvalue weighted by Gasteiger charge is 2.61. The molecule has 0 aliphatic heterocycles. The number of aliphatic hydroxyl groups is 1. The zero-order valence-electron chi connectivity index (χ0n) is 21.1. The lowest BCUT2D eigenvalue weighted by Gasteiger charge is -2.62. The second kappa shape index (κ2) is 8.24. The van der Waals surface area contributed by atoms with Crippen LogP contribution in [0.15, 0.2) is 11.6 Å². The zero-order chi connectivity index (χ0) is 21.8. The first kappa shape index (κ1) is 22.9. The minimum absolute atomic E-state index is 0.0499. The maximum absolute atomic E-state index is 10.5. The van der Waals surface area contributed by atoms with Crippen LogP contribution in [0.4, 0.5) is 0 Å². The topological polar surface area (TPSA) is 20.2 Å². The molecule has 10 atom stereocenters. The summed E-state index contributed by atoms with van der Waals surface area (Å²) in [5, 5.41) is 10.5. The van der Waals surface area contributed by atoms with E-state index in [0.717, 1.165) is 47.8 Å². The van der Waals surface area contributed by atoms with E-state index in [1.165, 1.54) is 51.4 Å². The summed E-state index contributed by atoms with van der Waals surface area (Å²) in [5.41, 5.74) is 2.65. The first-order valence-electron chi connectivity index (χ1n) is 13.4. The molecule has 1 nitrogen and oxygen atoms in total. The van der Waals surface area contributed by atoms with Crippen LogP contribution >= 0.6 is 0 Å². The van der Waals surface area contributed by atoms with E-state index in [9.17, 15) is 5.11 Å². The molecule has 4 fully saturated rings. The number of allylic oxidation sites excluding steroid dienone is 2. The van der Waals surface area contributed by atoms with Crippen LogP contribution in [0, 0.1) is 58.2 Å². The second-order valence-electron chi connectivity index (χ2n) is 13.2. The Labute approximate surface area is 187 Å². The molecular formula is C29H50O. The Bertz CT molecular complexity index is 649. The van der Waals surface area contributed by atoms with Gasteiger partial charge < -0.3 is 5.11 Å². The van der Waals surface area contributed by atoms with E-state index in [1.54, 1.807) is 5.57 Å². The predicted molar refractivity (Wildman–Crippen MR) is 128 cm³/mol. The smallest absolute Gasteiger partial charge is 0.0568 e. The Hall–Kier alpha value is -0.300. The molecule has 0 spiro atoms. The molecule has 4 aliphatic rings. The van der Waals surface area contributed by atoms with Crippen molar-refractivity contribution >= 4 is 0 Å². The maximum Gasteiger partial charge on any atom is 0.0568 e. The van der Waals surface area contributed by atoms with Crippen molar-refractivity contribution in [3.8, 4) is 0 Å². The lowest BCUT2D eigenvalue weighted by Crippen LogP contribution is -2.56. The number of hydrogen-bond acceptors (Lipinski definition) is 1. The predicted octanol–water partition coefficient (Wildman–Crippen LogP) is 7.88. The maximum atomic E-state index is 10.5. The van der Waals surface area contributed by atoms with E-state index in [0.29, 0.717) is 16.7 Å². The molecule has 0 saturated heterocycles. The minimum atomic E-state index is -0.0499. The van der Waals surface area contributed by atoms with Crippen LogP contribution in [0.3, 0.4) is 0 Å². The van der Waals surface area contributed by atoms with Crippen molar-refractivity contribution in [2.45, 2.75) is 112 Å². The Morgan fingerprint density at radius 3 is 2.23 bits per heavy atom. The SMILES string of the molecule is C/C(=C\[C@@H](C)C1CCC2C3CC[C@H]4[C@H](C)[C@@H](O)CC[C@]4(C)C3CC[C@@]21C)CC(C)C. The molecular weight excluding hydrogens is 364 g/mol. The van der Waals surface area contributed by atoms with Gasteiger partial charge in [0, 0.05) is 0 Å². The van der Waals surface area contributed by atoms with E-state index in [-0.39, 0.29) is 6.10 Å². The average Bonchev–Trinajstić information content (AvgIpc) is 3.01. The lowest BCUT2D eigenvalue weighted by molar-refractivity contribution is -0.148. The van der Waals surface area contributed by atoms with Crippen molar-refractivity contribution in [3.05, 3.63) is 11.6 Å². The van der Waals surface area contributed by atoms with Gasteiger partial charge in [-0.1, -0.05) is 53.2 Å². The molecule has 4 rings (SSSR count). The number of fused-ring (bicyclic) bond motifs is 5. The molecule has 0 aromatic carbocycles. The molecule has 1 heteroatoms. The molecule has 0 amide bonds. The van der Waals surface area contributed by atoms with Crippen molar-refractivity contribution in [1.82, 2.24) is 0 Å². The Balaban J connectivity index is 1.53. The number of aliphatic hydroxyl groups excluding tert-OH is 1.